The first kappa shape index (κ1) is 23.9. The SMILES string of the molecule is CC(C)Cn1cc(C2=C(Nc3ccc4c(c3)CNCC4)NC(N)(c3cccc(Cl)c3Cl)N=C2)cn1. The van der Waals surface area contributed by atoms with Crippen LogP contribution in [-0.2, 0) is 25.3 Å². The first-order valence-electron chi connectivity index (χ1n) is 11.8. The second kappa shape index (κ2) is 9.66. The van der Waals surface area contributed by atoms with E-state index in [2.05, 4.69) is 58.1 Å². The fourth-order valence-electron chi connectivity index (χ4n) is 4.45. The molecule has 5 rings (SSSR count). The zero-order valence-electron chi connectivity index (χ0n) is 19.8. The summed E-state index contributed by atoms with van der Waals surface area (Å²) in [5, 5.41) is 15.7. The van der Waals surface area contributed by atoms with Crippen molar-refractivity contribution < 1.29 is 0 Å². The van der Waals surface area contributed by atoms with Crippen LogP contribution in [0.1, 0.15) is 36.1 Å². The van der Waals surface area contributed by atoms with Crippen molar-refractivity contribution in [1.82, 2.24) is 20.4 Å². The van der Waals surface area contributed by atoms with Crippen LogP contribution in [0.5, 0.6) is 0 Å². The molecular weight excluding hydrogens is 481 g/mol. The largest absolute Gasteiger partial charge is 0.341 e. The van der Waals surface area contributed by atoms with Crippen LogP contribution < -0.4 is 21.7 Å². The summed E-state index contributed by atoms with van der Waals surface area (Å²) in [5.41, 5.74) is 12.8. The molecule has 0 amide bonds. The Morgan fingerprint density at radius 1 is 1.20 bits per heavy atom. The van der Waals surface area contributed by atoms with Gasteiger partial charge < -0.3 is 16.0 Å². The molecule has 1 atom stereocenters. The summed E-state index contributed by atoms with van der Waals surface area (Å²) in [4.78, 5) is 4.68. The molecule has 2 aliphatic rings. The van der Waals surface area contributed by atoms with E-state index < -0.39 is 5.79 Å². The van der Waals surface area contributed by atoms with Crippen molar-refractivity contribution in [1.29, 1.82) is 0 Å². The van der Waals surface area contributed by atoms with E-state index in [9.17, 15) is 0 Å². The minimum atomic E-state index is -1.29. The van der Waals surface area contributed by atoms with Crippen LogP contribution in [0.4, 0.5) is 5.69 Å². The van der Waals surface area contributed by atoms with Gasteiger partial charge >= 0.3 is 0 Å². The summed E-state index contributed by atoms with van der Waals surface area (Å²) >= 11 is 12.8. The topological polar surface area (TPSA) is 92.3 Å². The molecule has 1 aromatic heterocycles. The van der Waals surface area contributed by atoms with E-state index in [1.165, 1.54) is 11.1 Å². The van der Waals surface area contributed by atoms with E-state index >= 15 is 0 Å². The van der Waals surface area contributed by atoms with Gasteiger partial charge in [0.2, 0.25) is 5.79 Å². The number of benzene rings is 2. The Balaban J connectivity index is 1.54. The average Bonchev–Trinajstić information content (AvgIpc) is 3.28. The molecular formula is C26H29Cl2N7. The molecule has 3 aromatic rings. The molecule has 35 heavy (non-hydrogen) atoms. The number of hydrogen-bond acceptors (Lipinski definition) is 6. The zero-order valence-corrected chi connectivity index (χ0v) is 21.3. The van der Waals surface area contributed by atoms with Crippen LogP contribution in [0.2, 0.25) is 10.0 Å². The van der Waals surface area contributed by atoms with E-state index in [4.69, 9.17) is 28.9 Å². The van der Waals surface area contributed by atoms with Gasteiger partial charge in [0, 0.05) is 47.9 Å². The first-order chi connectivity index (χ1) is 16.8. The Morgan fingerprint density at radius 3 is 2.89 bits per heavy atom. The number of rotatable bonds is 6. The predicted octanol–water partition coefficient (Wildman–Crippen LogP) is 4.72. The van der Waals surface area contributed by atoms with Gasteiger partial charge in [0.05, 0.1) is 16.2 Å². The Labute approximate surface area is 215 Å². The number of nitrogens with two attached hydrogens (primary N) is 1. The molecule has 0 aliphatic carbocycles. The molecule has 182 valence electrons. The third kappa shape index (κ3) is 4.95. The Bertz CT molecular complexity index is 1310. The van der Waals surface area contributed by atoms with Crippen molar-refractivity contribution in [2.24, 2.45) is 16.6 Å². The van der Waals surface area contributed by atoms with Crippen LogP contribution in [0.15, 0.2) is 59.6 Å². The van der Waals surface area contributed by atoms with E-state index in [1.807, 2.05) is 29.2 Å². The number of aliphatic imine (C=N–C) groups is 1. The summed E-state index contributed by atoms with van der Waals surface area (Å²) < 4.78 is 1.95. The van der Waals surface area contributed by atoms with Gasteiger partial charge in [0.15, 0.2) is 0 Å². The molecule has 2 aromatic carbocycles. The minimum absolute atomic E-state index is 0.369. The number of anilines is 1. The molecule has 0 radical (unpaired) electrons. The summed E-state index contributed by atoms with van der Waals surface area (Å²) in [6.45, 7) is 7.02. The lowest BCUT2D eigenvalue weighted by Gasteiger charge is -2.34. The lowest BCUT2D eigenvalue weighted by Crippen LogP contribution is -2.52. The molecule has 0 saturated heterocycles. The number of allylic oxidation sites excluding steroid dienone is 1. The van der Waals surface area contributed by atoms with E-state index in [0.29, 0.717) is 27.3 Å². The second-order valence-electron chi connectivity index (χ2n) is 9.42. The number of aromatic nitrogens is 2. The number of halogens is 2. The predicted molar refractivity (Wildman–Crippen MR) is 143 cm³/mol. The van der Waals surface area contributed by atoms with Crippen LogP contribution in [0.3, 0.4) is 0 Å². The highest BCUT2D eigenvalue weighted by molar-refractivity contribution is 6.42. The number of nitrogens with one attached hydrogen (secondary N) is 3. The maximum absolute atomic E-state index is 6.76. The molecule has 2 aliphatic heterocycles. The normalized spacial score (nSPS) is 19.6. The lowest BCUT2D eigenvalue weighted by atomic mass is 10.00. The highest BCUT2D eigenvalue weighted by atomic mass is 35.5. The van der Waals surface area contributed by atoms with Crippen LogP contribution in [-0.4, -0.2) is 22.5 Å². The molecule has 9 heteroatoms. The maximum Gasteiger partial charge on any atom is 0.211 e. The van der Waals surface area contributed by atoms with Crippen LogP contribution >= 0.6 is 23.2 Å². The monoisotopic (exact) mass is 509 g/mol. The highest BCUT2D eigenvalue weighted by Gasteiger charge is 2.34. The van der Waals surface area contributed by atoms with Gasteiger partial charge in [-0.15, -0.1) is 0 Å². The van der Waals surface area contributed by atoms with Crippen molar-refractivity contribution in [3.8, 4) is 0 Å². The number of hydrogen-bond donors (Lipinski definition) is 4. The van der Waals surface area contributed by atoms with Gasteiger partial charge in [-0.3, -0.25) is 10.4 Å². The maximum atomic E-state index is 6.76. The number of fused-ring (bicyclic) bond motifs is 1. The summed E-state index contributed by atoms with van der Waals surface area (Å²) in [7, 11) is 0. The summed E-state index contributed by atoms with van der Waals surface area (Å²) in [6, 6.07) is 11.8. The van der Waals surface area contributed by atoms with Crippen molar-refractivity contribution in [3.05, 3.63) is 86.9 Å². The molecule has 0 bridgehead atoms. The van der Waals surface area contributed by atoms with Gasteiger partial charge in [0.1, 0.15) is 5.82 Å². The molecule has 1 unspecified atom stereocenters. The Kier molecular flexibility index (Phi) is 6.59. The third-order valence-corrected chi connectivity index (χ3v) is 7.02. The van der Waals surface area contributed by atoms with Gasteiger partial charge in [-0.1, -0.05) is 55.2 Å². The van der Waals surface area contributed by atoms with Gasteiger partial charge in [-0.05, 0) is 48.2 Å². The van der Waals surface area contributed by atoms with Crippen LogP contribution in [0.25, 0.3) is 5.57 Å². The van der Waals surface area contributed by atoms with Crippen molar-refractivity contribution in [2.45, 2.75) is 39.1 Å². The fourth-order valence-corrected chi connectivity index (χ4v) is 4.90. The lowest BCUT2D eigenvalue weighted by molar-refractivity contribution is 0.400. The summed E-state index contributed by atoms with van der Waals surface area (Å²) in [5.74, 6) is -0.0954. The molecule has 0 saturated carbocycles. The quantitative estimate of drug-likeness (QED) is 0.386. The van der Waals surface area contributed by atoms with E-state index in [0.717, 1.165) is 42.9 Å². The zero-order chi connectivity index (χ0) is 24.6. The van der Waals surface area contributed by atoms with E-state index in [1.54, 1.807) is 12.3 Å². The minimum Gasteiger partial charge on any atom is -0.341 e. The molecule has 0 spiro atoms. The van der Waals surface area contributed by atoms with Gasteiger partial charge in [0.25, 0.3) is 0 Å². The van der Waals surface area contributed by atoms with Crippen molar-refractivity contribution in [2.75, 3.05) is 11.9 Å². The van der Waals surface area contributed by atoms with Crippen molar-refractivity contribution in [3.63, 3.8) is 0 Å². The fraction of sp³-hybridized carbons (Fsp3) is 0.308. The molecule has 0 fully saturated rings. The van der Waals surface area contributed by atoms with Gasteiger partial charge in [-0.2, -0.15) is 5.10 Å². The van der Waals surface area contributed by atoms with Crippen LogP contribution in [0, 0.1) is 5.92 Å². The van der Waals surface area contributed by atoms with E-state index in [-0.39, 0.29) is 0 Å². The molecule has 5 N–H and O–H groups in total. The second-order valence-corrected chi connectivity index (χ2v) is 10.2. The Hall–Kier alpha value is -2.84. The third-order valence-electron chi connectivity index (χ3n) is 6.20. The standard InChI is InChI=1S/C26H29Cl2N7/c1-16(2)14-35-15-19(12-32-35)21-13-31-26(29,22-4-3-5-23(27)24(22)28)34-25(21)33-20-7-6-17-8-9-30-11-18(17)10-20/h3-7,10,12-13,15-16,30,33-34H,8-9,11,14,29H2,1-2H3. The first-order valence-corrected chi connectivity index (χ1v) is 12.5. The highest BCUT2D eigenvalue weighted by Crippen LogP contribution is 2.35. The Morgan fingerprint density at radius 2 is 2.06 bits per heavy atom. The molecule has 3 heterocycles. The smallest absolute Gasteiger partial charge is 0.211 e. The van der Waals surface area contributed by atoms with Crippen molar-refractivity contribution >= 4 is 40.7 Å². The molecule has 7 nitrogen and oxygen atoms in total. The summed E-state index contributed by atoms with van der Waals surface area (Å²) in [6.07, 6.45) is 6.67. The van der Waals surface area contributed by atoms with Gasteiger partial charge in [-0.25, -0.2) is 4.99 Å². The average molecular weight is 510 g/mol. The number of nitrogens with zero attached hydrogens (tertiary/aromatic N) is 3.